The molecule has 0 saturated heterocycles. The van der Waals surface area contributed by atoms with Crippen LogP contribution in [0.3, 0.4) is 0 Å². The molecule has 0 radical (unpaired) electrons. The highest BCUT2D eigenvalue weighted by Gasteiger charge is 2.13. The maximum Gasteiger partial charge on any atom is 0.257 e. The van der Waals surface area contributed by atoms with Crippen LogP contribution >= 0.6 is 22.9 Å². The number of amides is 1. The Balaban J connectivity index is 1.95. The summed E-state index contributed by atoms with van der Waals surface area (Å²) in [5.74, 6) is -0.127. The number of halogens is 1. The molecule has 0 atom stereocenters. The van der Waals surface area contributed by atoms with Gasteiger partial charge < -0.3 is 5.32 Å². The third-order valence-electron chi connectivity index (χ3n) is 3.35. The lowest BCUT2D eigenvalue weighted by Crippen LogP contribution is -2.11. The minimum Gasteiger partial charge on any atom is -0.321 e. The average molecular weight is 316 g/mol. The van der Waals surface area contributed by atoms with E-state index in [2.05, 4.69) is 11.4 Å². The average Bonchev–Trinajstić information content (AvgIpc) is 2.85. The van der Waals surface area contributed by atoms with E-state index in [1.165, 1.54) is 0 Å². The zero-order valence-electron chi connectivity index (χ0n) is 11.7. The second-order valence-electron chi connectivity index (χ2n) is 5.09. The fourth-order valence-corrected chi connectivity index (χ4v) is 3.43. The Labute approximate surface area is 132 Å². The van der Waals surface area contributed by atoms with Gasteiger partial charge in [-0.15, -0.1) is 11.3 Å². The van der Waals surface area contributed by atoms with Crippen LogP contribution in [0.4, 0.5) is 5.69 Å². The number of hydrogen-bond donors (Lipinski definition) is 1. The molecule has 0 spiro atoms. The summed E-state index contributed by atoms with van der Waals surface area (Å²) >= 11 is 7.74. The lowest BCUT2D eigenvalue weighted by molar-refractivity contribution is 0.102. The van der Waals surface area contributed by atoms with Crippen molar-refractivity contribution in [3.05, 3.63) is 63.5 Å². The number of carbonyl (C=O) groups excluding carboxylic acids is 1. The first kappa shape index (κ1) is 14.1. The van der Waals surface area contributed by atoms with Crippen molar-refractivity contribution < 1.29 is 4.79 Å². The van der Waals surface area contributed by atoms with E-state index in [0.717, 1.165) is 21.2 Å². The molecule has 0 fully saturated rings. The third-order valence-corrected chi connectivity index (χ3v) is 4.62. The van der Waals surface area contributed by atoms with Crippen molar-refractivity contribution >= 4 is 44.6 Å². The number of aryl methyl sites for hydroxylation is 2. The number of anilines is 1. The van der Waals surface area contributed by atoms with E-state index >= 15 is 0 Å². The van der Waals surface area contributed by atoms with E-state index in [-0.39, 0.29) is 5.91 Å². The molecule has 0 aliphatic carbocycles. The van der Waals surface area contributed by atoms with Crippen LogP contribution < -0.4 is 5.32 Å². The quantitative estimate of drug-likeness (QED) is 0.671. The van der Waals surface area contributed by atoms with Gasteiger partial charge in [-0.2, -0.15) is 0 Å². The molecule has 3 aromatic rings. The second kappa shape index (κ2) is 5.51. The van der Waals surface area contributed by atoms with Crippen LogP contribution in [-0.4, -0.2) is 5.91 Å². The Morgan fingerprint density at radius 1 is 1.10 bits per heavy atom. The van der Waals surface area contributed by atoms with Gasteiger partial charge in [-0.25, -0.2) is 0 Å². The summed E-state index contributed by atoms with van der Waals surface area (Å²) in [5, 5.41) is 6.32. The van der Waals surface area contributed by atoms with Gasteiger partial charge in [0, 0.05) is 15.5 Å². The zero-order valence-corrected chi connectivity index (χ0v) is 13.3. The van der Waals surface area contributed by atoms with Crippen LogP contribution in [0.5, 0.6) is 0 Å². The molecule has 0 aliphatic heterocycles. The molecule has 3 rings (SSSR count). The number of nitrogens with one attached hydrogen (secondary N) is 1. The third kappa shape index (κ3) is 2.80. The number of thiophene rings is 1. The molecule has 0 bridgehead atoms. The molecule has 0 unspecified atom stereocenters. The minimum atomic E-state index is -0.127. The van der Waals surface area contributed by atoms with E-state index in [0.29, 0.717) is 16.3 Å². The highest BCUT2D eigenvalue weighted by molar-refractivity contribution is 7.17. The number of benzene rings is 2. The van der Waals surface area contributed by atoms with Crippen LogP contribution in [0.15, 0.2) is 41.8 Å². The standard InChI is InChI=1S/C17H14ClNOS/c1-10-4-6-16-12(7-10)13(9-21-16)17(20)19-15-5-3-11(2)8-14(15)18/h3-9H,1-2H3,(H,19,20). The zero-order chi connectivity index (χ0) is 15.0. The first-order chi connectivity index (χ1) is 10.0. The molecular weight excluding hydrogens is 302 g/mol. The van der Waals surface area contributed by atoms with Crippen molar-refractivity contribution in [2.75, 3.05) is 5.32 Å². The Morgan fingerprint density at radius 3 is 2.57 bits per heavy atom. The van der Waals surface area contributed by atoms with Gasteiger partial charge in [0.05, 0.1) is 16.3 Å². The SMILES string of the molecule is Cc1ccc(NC(=O)c2csc3ccc(C)cc23)c(Cl)c1. The van der Waals surface area contributed by atoms with E-state index < -0.39 is 0 Å². The van der Waals surface area contributed by atoms with Gasteiger partial charge in [0.1, 0.15) is 0 Å². The Hall–Kier alpha value is -1.84. The first-order valence-electron chi connectivity index (χ1n) is 6.60. The van der Waals surface area contributed by atoms with Crippen molar-refractivity contribution in [3.63, 3.8) is 0 Å². The predicted octanol–water partition coefficient (Wildman–Crippen LogP) is 5.42. The highest BCUT2D eigenvalue weighted by Crippen LogP contribution is 2.29. The van der Waals surface area contributed by atoms with Crippen LogP contribution in [0.2, 0.25) is 5.02 Å². The molecular formula is C17H14ClNOS. The molecule has 21 heavy (non-hydrogen) atoms. The van der Waals surface area contributed by atoms with Crippen molar-refractivity contribution in [3.8, 4) is 0 Å². The van der Waals surface area contributed by atoms with Gasteiger partial charge >= 0.3 is 0 Å². The lowest BCUT2D eigenvalue weighted by Gasteiger charge is -2.07. The van der Waals surface area contributed by atoms with Crippen molar-refractivity contribution in [1.82, 2.24) is 0 Å². The van der Waals surface area contributed by atoms with Gasteiger partial charge in [0.15, 0.2) is 0 Å². The largest absolute Gasteiger partial charge is 0.321 e. The topological polar surface area (TPSA) is 29.1 Å². The molecule has 4 heteroatoms. The Morgan fingerprint density at radius 2 is 1.81 bits per heavy atom. The van der Waals surface area contributed by atoms with Gasteiger partial charge in [0.2, 0.25) is 0 Å². The van der Waals surface area contributed by atoms with E-state index in [1.807, 2.05) is 49.6 Å². The van der Waals surface area contributed by atoms with Gasteiger partial charge in [-0.3, -0.25) is 4.79 Å². The maximum atomic E-state index is 12.5. The number of carbonyl (C=O) groups is 1. The van der Waals surface area contributed by atoms with Crippen molar-refractivity contribution in [1.29, 1.82) is 0 Å². The van der Waals surface area contributed by atoms with Gasteiger partial charge in [0.25, 0.3) is 5.91 Å². The van der Waals surface area contributed by atoms with Gasteiger partial charge in [-0.1, -0.05) is 29.3 Å². The summed E-state index contributed by atoms with van der Waals surface area (Å²) in [6.07, 6.45) is 0. The molecule has 1 amide bonds. The normalized spacial score (nSPS) is 10.8. The second-order valence-corrected chi connectivity index (χ2v) is 6.40. The fraction of sp³-hybridized carbons (Fsp3) is 0.118. The Bertz CT molecular complexity index is 838. The predicted molar refractivity (Wildman–Crippen MR) is 90.7 cm³/mol. The summed E-state index contributed by atoms with van der Waals surface area (Å²) in [5.41, 5.74) is 3.53. The van der Waals surface area contributed by atoms with Gasteiger partial charge in [-0.05, 0) is 43.7 Å². The summed E-state index contributed by atoms with van der Waals surface area (Å²) in [6, 6.07) is 11.7. The molecule has 2 aromatic carbocycles. The van der Waals surface area contributed by atoms with E-state index in [1.54, 1.807) is 11.3 Å². The van der Waals surface area contributed by atoms with Crippen LogP contribution in [0.25, 0.3) is 10.1 Å². The van der Waals surface area contributed by atoms with Crippen LogP contribution in [-0.2, 0) is 0 Å². The fourth-order valence-electron chi connectivity index (χ4n) is 2.23. The van der Waals surface area contributed by atoms with E-state index in [9.17, 15) is 4.79 Å². The molecule has 2 nitrogen and oxygen atoms in total. The molecule has 106 valence electrons. The number of fused-ring (bicyclic) bond motifs is 1. The first-order valence-corrected chi connectivity index (χ1v) is 7.86. The molecule has 1 heterocycles. The summed E-state index contributed by atoms with van der Waals surface area (Å²) in [4.78, 5) is 12.5. The molecule has 1 N–H and O–H groups in total. The molecule has 1 aromatic heterocycles. The lowest BCUT2D eigenvalue weighted by atomic mass is 10.1. The van der Waals surface area contributed by atoms with E-state index in [4.69, 9.17) is 11.6 Å². The van der Waals surface area contributed by atoms with Crippen molar-refractivity contribution in [2.24, 2.45) is 0 Å². The van der Waals surface area contributed by atoms with Crippen LogP contribution in [0, 0.1) is 13.8 Å². The van der Waals surface area contributed by atoms with Crippen molar-refractivity contribution in [2.45, 2.75) is 13.8 Å². The number of hydrogen-bond acceptors (Lipinski definition) is 2. The Kier molecular flexibility index (Phi) is 3.70. The monoisotopic (exact) mass is 315 g/mol. The smallest absolute Gasteiger partial charge is 0.257 e. The summed E-state index contributed by atoms with van der Waals surface area (Å²) in [7, 11) is 0. The summed E-state index contributed by atoms with van der Waals surface area (Å²) < 4.78 is 1.11. The molecule has 0 saturated carbocycles. The maximum absolute atomic E-state index is 12.5. The summed E-state index contributed by atoms with van der Waals surface area (Å²) in [6.45, 7) is 3.99. The molecule has 0 aliphatic rings. The van der Waals surface area contributed by atoms with Crippen LogP contribution in [0.1, 0.15) is 21.5 Å². The number of rotatable bonds is 2. The highest BCUT2D eigenvalue weighted by atomic mass is 35.5. The minimum absolute atomic E-state index is 0.127.